The maximum Gasteiger partial charge on any atom is 0.259 e. The number of rotatable bonds is 5. The number of para-hydroxylation sites is 2. The first-order chi connectivity index (χ1) is 15.7. The molecule has 0 aliphatic carbocycles. The van der Waals surface area contributed by atoms with Gasteiger partial charge in [-0.15, -0.1) is 0 Å². The van der Waals surface area contributed by atoms with E-state index in [-0.39, 0.29) is 5.91 Å². The van der Waals surface area contributed by atoms with Crippen LogP contribution in [0.2, 0.25) is 0 Å². The number of hydrogen-bond donors (Lipinski definition) is 2. The van der Waals surface area contributed by atoms with E-state index in [9.17, 15) is 4.79 Å². The van der Waals surface area contributed by atoms with Crippen LogP contribution in [0.1, 0.15) is 16.1 Å². The maximum atomic E-state index is 12.9. The largest absolute Gasteiger partial charge is 0.356 e. The Hall–Kier alpha value is -4.45. The molecule has 0 atom stereocenters. The van der Waals surface area contributed by atoms with Crippen molar-refractivity contribution in [3.05, 3.63) is 108 Å². The van der Waals surface area contributed by atoms with E-state index in [2.05, 4.69) is 20.7 Å². The Balaban J connectivity index is 1.32. The molecule has 0 aliphatic heterocycles. The van der Waals surface area contributed by atoms with Gasteiger partial charge in [0.05, 0.1) is 23.0 Å². The second-order valence-corrected chi connectivity index (χ2v) is 7.44. The van der Waals surface area contributed by atoms with Crippen LogP contribution in [0.4, 0.5) is 17.1 Å². The summed E-state index contributed by atoms with van der Waals surface area (Å²) in [5.74, 6) is 0.467. The highest BCUT2D eigenvalue weighted by atomic mass is 16.1. The lowest BCUT2D eigenvalue weighted by atomic mass is 10.2. The van der Waals surface area contributed by atoms with Crippen molar-refractivity contribution in [2.24, 2.45) is 0 Å². The van der Waals surface area contributed by atoms with Gasteiger partial charge in [-0.3, -0.25) is 4.79 Å². The molecule has 0 fully saturated rings. The number of aromatic nitrogens is 3. The molecule has 6 heteroatoms. The first-order valence-corrected chi connectivity index (χ1v) is 10.3. The van der Waals surface area contributed by atoms with Crippen molar-refractivity contribution < 1.29 is 4.79 Å². The van der Waals surface area contributed by atoms with Gasteiger partial charge in [-0.05, 0) is 61.5 Å². The van der Waals surface area contributed by atoms with Crippen LogP contribution < -0.4 is 10.6 Å². The first kappa shape index (κ1) is 19.5. The third-order valence-corrected chi connectivity index (χ3v) is 5.26. The quantitative estimate of drug-likeness (QED) is 0.382. The molecule has 5 rings (SSSR count). The van der Waals surface area contributed by atoms with Crippen LogP contribution in [0, 0.1) is 6.92 Å². The van der Waals surface area contributed by atoms with Crippen LogP contribution >= 0.6 is 0 Å². The molecule has 0 saturated carbocycles. The lowest BCUT2D eigenvalue weighted by Crippen LogP contribution is -2.13. The minimum absolute atomic E-state index is 0.210. The molecule has 6 nitrogen and oxygen atoms in total. The average Bonchev–Trinajstić information content (AvgIpc) is 3.22. The lowest BCUT2D eigenvalue weighted by molar-refractivity contribution is 0.102. The number of nitrogens with one attached hydrogen (secondary N) is 2. The fraction of sp³-hybridized carbons (Fsp3) is 0.0385. The first-order valence-electron chi connectivity index (χ1n) is 10.3. The van der Waals surface area contributed by atoms with Crippen LogP contribution in [0.25, 0.3) is 16.7 Å². The molecule has 3 aromatic carbocycles. The topological polar surface area (TPSA) is 71.8 Å². The normalized spacial score (nSPS) is 10.8. The van der Waals surface area contributed by atoms with E-state index in [1.807, 2.05) is 97.9 Å². The number of carbonyl (C=O) groups excluding carboxylic acids is 1. The highest BCUT2D eigenvalue weighted by Crippen LogP contribution is 2.21. The van der Waals surface area contributed by atoms with E-state index in [1.54, 1.807) is 10.9 Å². The second-order valence-electron chi connectivity index (χ2n) is 7.44. The van der Waals surface area contributed by atoms with Gasteiger partial charge in [-0.25, -0.2) is 9.67 Å². The predicted molar refractivity (Wildman–Crippen MR) is 128 cm³/mol. The Morgan fingerprint density at radius 3 is 2.28 bits per heavy atom. The van der Waals surface area contributed by atoms with Gasteiger partial charge in [0.2, 0.25) is 0 Å². The minimum Gasteiger partial charge on any atom is -0.356 e. The molecule has 32 heavy (non-hydrogen) atoms. The Labute approximate surface area is 185 Å². The lowest BCUT2D eigenvalue weighted by Gasteiger charge is -2.09. The summed E-state index contributed by atoms with van der Waals surface area (Å²) in [6.45, 7) is 1.87. The summed E-state index contributed by atoms with van der Waals surface area (Å²) in [5, 5.41) is 11.7. The molecule has 0 aliphatic rings. The van der Waals surface area contributed by atoms with E-state index in [0.717, 1.165) is 28.0 Å². The Bertz CT molecular complexity index is 1390. The highest BCUT2D eigenvalue weighted by Gasteiger charge is 2.16. The number of nitrogens with zero attached hydrogens (tertiary/aromatic N) is 3. The van der Waals surface area contributed by atoms with Crippen LogP contribution in [0.15, 0.2) is 97.2 Å². The van der Waals surface area contributed by atoms with E-state index in [4.69, 9.17) is 0 Å². The monoisotopic (exact) mass is 419 g/mol. The van der Waals surface area contributed by atoms with Gasteiger partial charge in [-0.2, -0.15) is 5.10 Å². The average molecular weight is 419 g/mol. The van der Waals surface area contributed by atoms with Gasteiger partial charge >= 0.3 is 0 Å². The zero-order valence-corrected chi connectivity index (χ0v) is 17.5. The van der Waals surface area contributed by atoms with E-state index in [0.29, 0.717) is 17.1 Å². The van der Waals surface area contributed by atoms with Crippen molar-refractivity contribution in [3.63, 3.8) is 0 Å². The van der Waals surface area contributed by atoms with Crippen LogP contribution in [0.3, 0.4) is 0 Å². The molecule has 156 valence electrons. The van der Waals surface area contributed by atoms with Crippen molar-refractivity contribution in [1.82, 2.24) is 14.8 Å². The molecule has 0 unspecified atom stereocenters. The van der Waals surface area contributed by atoms with E-state index < -0.39 is 0 Å². The van der Waals surface area contributed by atoms with Crippen molar-refractivity contribution in [2.75, 3.05) is 10.6 Å². The fourth-order valence-corrected chi connectivity index (χ4v) is 3.56. The second kappa shape index (κ2) is 8.35. The number of hydrogen-bond acceptors (Lipinski definition) is 4. The Morgan fingerprint density at radius 1 is 0.781 bits per heavy atom. The smallest absolute Gasteiger partial charge is 0.259 e. The molecule has 2 aromatic heterocycles. The third-order valence-electron chi connectivity index (χ3n) is 5.26. The fourth-order valence-electron chi connectivity index (χ4n) is 3.56. The van der Waals surface area contributed by atoms with Gasteiger partial charge in [0.15, 0.2) is 5.82 Å². The van der Waals surface area contributed by atoms with Crippen molar-refractivity contribution in [3.8, 4) is 5.82 Å². The number of fused-ring (bicyclic) bond motifs is 1. The Kier molecular flexibility index (Phi) is 5.09. The van der Waals surface area contributed by atoms with Crippen LogP contribution in [-0.4, -0.2) is 20.7 Å². The number of pyridine rings is 1. The molecule has 2 heterocycles. The number of anilines is 3. The number of amides is 1. The summed E-state index contributed by atoms with van der Waals surface area (Å²) in [5.41, 5.74) is 4.79. The summed E-state index contributed by atoms with van der Waals surface area (Å²) < 4.78 is 1.69. The van der Waals surface area contributed by atoms with Crippen molar-refractivity contribution >= 4 is 33.9 Å². The van der Waals surface area contributed by atoms with Crippen molar-refractivity contribution in [2.45, 2.75) is 6.92 Å². The summed E-state index contributed by atoms with van der Waals surface area (Å²) in [7, 11) is 0. The summed E-state index contributed by atoms with van der Waals surface area (Å²) in [4.78, 5) is 17.5. The number of benzene rings is 3. The molecule has 2 N–H and O–H groups in total. The zero-order chi connectivity index (χ0) is 21.9. The highest BCUT2D eigenvalue weighted by molar-refractivity contribution is 6.05. The maximum absolute atomic E-state index is 12.9. The Morgan fingerprint density at radius 2 is 1.47 bits per heavy atom. The standard InChI is InChI=1S/C26H21N5O/c1-18-23(17-27-31(18)25-16-11-19-7-5-6-10-24(19)30-25)26(32)29-22-14-12-21(13-15-22)28-20-8-3-2-4-9-20/h2-17,28H,1H3,(H,29,32). The molecule has 0 spiro atoms. The summed E-state index contributed by atoms with van der Waals surface area (Å²) in [6.07, 6.45) is 1.58. The summed E-state index contributed by atoms with van der Waals surface area (Å²) >= 11 is 0. The molecular weight excluding hydrogens is 398 g/mol. The molecule has 0 saturated heterocycles. The van der Waals surface area contributed by atoms with Crippen LogP contribution in [0.5, 0.6) is 0 Å². The molecular formula is C26H21N5O. The number of carbonyl (C=O) groups is 1. The predicted octanol–water partition coefficient (Wildman–Crippen LogP) is 5.72. The molecule has 1 amide bonds. The van der Waals surface area contributed by atoms with Crippen LogP contribution in [-0.2, 0) is 0 Å². The van der Waals surface area contributed by atoms with Gasteiger partial charge in [-0.1, -0.05) is 36.4 Å². The zero-order valence-electron chi connectivity index (χ0n) is 17.5. The van der Waals surface area contributed by atoms with Gasteiger partial charge in [0.1, 0.15) is 0 Å². The van der Waals surface area contributed by atoms with E-state index >= 15 is 0 Å². The van der Waals surface area contributed by atoms with Crippen molar-refractivity contribution in [1.29, 1.82) is 0 Å². The molecule has 0 radical (unpaired) electrons. The molecule has 5 aromatic rings. The van der Waals surface area contributed by atoms with E-state index in [1.165, 1.54) is 0 Å². The summed E-state index contributed by atoms with van der Waals surface area (Å²) in [6, 6.07) is 29.3. The van der Waals surface area contributed by atoms with Gasteiger partial charge in [0, 0.05) is 22.4 Å². The van der Waals surface area contributed by atoms with Gasteiger partial charge < -0.3 is 10.6 Å². The molecule has 0 bridgehead atoms. The van der Waals surface area contributed by atoms with Gasteiger partial charge in [0.25, 0.3) is 5.91 Å². The minimum atomic E-state index is -0.210. The third kappa shape index (κ3) is 3.94. The SMILES string of the molecule is Cc1c(C(=O)Nc2ccc(Nc3ccccc3)cc2)cnn1-c1ccc2ccccc2n1.